The molecule has 27 heavy (non-hydrogen) atoms. The van der Waals surface area contributed by atoms with Crippen LogP contribution in [0, 0.1) is 6.92 Å². The molecule has 0 saturated carbocycles. The number of carbonyl (C=O) groups is 2. The molecule has 1 amide bonds. The van der Waals surface area contributed by atoms with Crippen molar-refractivity contribution in [3.05, 3.63) is 63.6 Å². The zero-order chi connectivity index (χ0) is 19.2. The maximum atomic E-state index is 12.1. The fourth-order valence-electron chi connectivity index (χ4n) is 2.15. The number of methoxy groups -OCH3 is 1. The van der Waals surface area contributed by atoms with Crippen LogP contribution in [0.1, 0.15) is 31.4 Å². The average Bonchev–Trinajstić information content (AvgIpc) is 3.34. The number of esters is 1. The SMILES string of the molecule is COc1cc(/C=N/NC(=O)c2cc(C)[nH]n2)ccc1OC(=O)c1cccs1. The number of H-pyrrole nitrogens is 1. The van der Waals surface area contributed by atoms with Gasteiger partial charge in [0.25, 0.3) is 5.91 Å². The zero-order valence-electron chi connectivity index (χ0n) is 14.6. The third-order valence-electron chi connectivity index (χ3n) is 3.43. The number of carbonyl (C=O) groups excluding carboxylic acids is 2. The third kappa shape index (κ3) is 4.59. The fourth-order valence-corrected chi connectivity index (χ4v) is 2.75. The van der Waals surface area contributed by atoms with Gasteiger partial charge in [0, 0.05) is 5.69 Å². The molecular weight excluding hydrogens is 368 g/mol. The van der Waals surface area contributed by atoms with Crippen molar-refractivity contribution in [1.82, 2.24) is 15.6 Å². The summed E-state index contributed by atoms with van der Waals surface area (Å²) in [7, 11) is 1.47. The van der Waals surface area contributed by atoms with Crippen LogP contribution in [0.3, 0.4) is 0 Å². The number of nitrogens with zero attached hydrogens (tertiary/aromatic N) is 2. The summed E-state index contributed by atoms with van der Waals surface area (Å²) in [5.74, 6) is -0.211. The second-order valence-corrected chi connectivity index (χ2v) is 6.36. The van der Waals surface area contributed by atoms with Crippen LogP contribution in [0.25, 0.3) is 0 Å². The van der Waals surface area contributed by atoms with E-state index in [1.54, 1.807) is 48.7 Å². The molecule has 2 aromatic heterocycles. The van der Waals surface area contributed by atoms with E-state index in [9.17, 15) is 9.59 Å². The Kier molecular flexibility index (Phi) is 5.62. The lowest BCUT2D eigenvalue weighted by molar-refractivity contribution is 0.0734. The van der Waals surface area contributed by atoms with Gasteiger partial charge in [-0.3, -0.25) is 9.89 Å². The Bertz CT molecular complexity index is 979. The van der Waals surface area contributed by atoms with Crippen molar-refractivity contribution >= 4 is 29.4 Å². The highest BCUT2D eigenvalue weighted by Crippen LogP contribution is 2.28. The standard InChI is InChI=1S/C18H16N4O4S/c1-11-8-13(21-20-11)17(23)22-19-10-12-5-6-14(15(9-12)25-2)26-18(24)16-4-3-7-27-16/h3-10H,1-2H3,(H,20,21)(H,22,23)/b19-10+. The molecule has 2 heterocycles. The largest absolute Gasteiger partial charge is 0.493 e. The van der Waals surface area contributed by atoms with E-state index >= 15 is 0 Å². The first-order valence-electron chi connectivity index (χ1n) is 7.86. The summed E-state index contributed by atoms with van der Waals surface area (Å²) in [4.78, 5) is 24.4. The molecule has 0 aliphatic heterocycles. The molecule has 0 bridgehead atoms. The molecule has 3 rings (SSSR count). The van der Waals surface area contributed by atoms with Crippen LogP contribution in [0.2, 0.25) is 0 Å². The number of aromatic nitrogens is 2. The van der Waals surface area contributed by atoms with Gasteiger partial charge in [0.2, 0.25) is 0 Å². The summed E-state index contributed by atoms with van der Waals surface area (Å²) in [6, 6.07) is 10.0. The number of rotatable bonds is 6. The Hall–Kier alpha value is -3.46. The first kappa shape index (κ1) is 18.3. The number of amides is 1. The lowest BCUT2D eigenvalue weighted by Crippen LogP contribution is -2.18. The van der Waals surface area contributed by atoms with Gasteiger partial charge in [-0.1, -0.05) is 6.07 Å². The summed E-state index contributed by atoms with van der Waals surface area (Å²) < 4.78 is 10.6. The number of hydrazone groups is 1. The molecule has 0 saturated heterocycles. The minimum Gasteiger partial charge on any atom is -0.493 e. The number of thiophene rings is 1. The number of benzene rings is 1. The molecule has 0 atom stereocenters. The van der Waals surface area contributed by atoms with E-state index in [1.807, 2.05) is 0 Å². The predicted octanol–water partition coefficient (Wildman–Crippen LogP) is 2.77. The van der Waals surface area contributed by atoms with E-state index in [2.05, 4.69) is 20.7 Å². The molecular formula is C18H16N4O4S. The van der Waals surface area contributed by atoms with Crippen LogP contribution < -0.4 is 14.9 Å². The van der Waals surface area contributed by atoms with Gasteiger partial charge in [0.1, 0.15) is 4.88 Å². The molecule has 0 aliphatic carbocycles. The summed E-state index contributed by atoms with van der Waals surface area (Å²) in [5.41, 5.74) is 4.07. The minimum absolute atomic E-state index is 0.248. The molecule has 2 N–H and O–H groups in total. The Morgan fingerprint density at radius 1 is 1.26 bits per heavy atom. The van der Waals surface area contributed by atoms with Gasteiger partial charge in [-0.05, 0) is 48.2 Å². The van der Waals surface area contributed by atoms with Crippen molar-refractivity contribution in [1.29, 1.82) is 0 Å². The maximum Gasteiger partial charge on any atom is 0.353 e. The number of aryl methyl sites for hydroxylation is 1. The van der Waals surface area contributed by atoms with Crippen LogP contribution >= 0.6 is 11.3 Å². The summed E-state index contributed by atoms with van der Waals surface area (Å²) in [6.07, 6.45) is 1.45. The van der Waals surface area contributed by atoms with E-state index in [0.29, 0.717) is 21.9 Å². The lowest BCUT2D eigenvalue weighted by Gasteiger charge is -2.09. The van der Waals surface area contributed by atoms with Gasteiger partial charge >= 0.3 is 5.97 Å². The van der Waals surface area contributed by atoms with Crippen molar-refractivity contribution in [2.24, 2.45) is 5.10 Å². The van der Waals surface area contributed by atoms with Gasteiger partial charge in [-0.2, -0.15) is 10.2 Å². The van der Waals surface area contributed by atoms with Crippen molar-refractivity contribution < 1.29 is 19.1 Å². The van der Waals surface area contributed by atoms with Crippen molar-refractivity contribution in [3.8, 4) is 11.5 Å². The topological polar surface area (TPSA) is 106 Å². The van der Waals surface area contributed by atoms with Crippen LogP contribution in [-0.4, -0.2) is 35.4 Å². The van der Waals surface area contributed by atoms with Gasteiger partial charge in [-0.25, -0.2) is 10.2 Å². The summed E-state index contributed by atoms with van der Waals surface area (Å²) >= 11 is 1.30. The van der Waals surface area contributed by atoms with E-state index in [0.717, 1.165) is 5.69 Å². The van der Waals surface area contributed by atoms with E-state index in [4.69, 9.17) is 9.47 Å². The van der Waals surface area contributed by atoms with Crippen molar-refractivity contribution in [2.45, 2.75) is 6.92 Å². The van der Waals surface area contributed by atoms with Crippen LogP contribution in [0.4, 0.5) is 0 Å². The first-order chi connectivity index (χ1) is 13.1. The van der Waals surface area contributed by atoms with Gasteiger partial charge < -0.3 is 9.47 Å². The second kappa shape index (κ2) is 8.28. The lowest BCUT2D eigenvalue weighted by atomic mass is 10.2. The Labute approximate surface area is 158 Å². The van der Waals surface area contributed by atoms with E-state index in [-0.39, 0.29) is 5.69 Å². The zero-order valence-corrected chi connectivity index (χ0v) is 15.4. The third-order valence-corrected chi connectivity index (χ3v) is 4.28. The molecule has 0 radical (unpaired) electrons. The minimum atomic E-state index is -0.453. The van der Waals surface area contributed by atoms with Crippen LogP contribution in [-0.2, 0) is 0 Å². The molecule has 0 spiro atoms. The fraction of sp³-hybridized carbons (Fsp3) is 0.111. The van der Waals surface area contributed by atoms with Gasteiger partial charge in [0.15, 0.2) is 17.2 Å². The smallest absolute Gasteiger partial charge is 0.353 e. The van der Waals surface area contributed by atoms with Crippen molar-refractivity contribution in [3.63, 3.8) is 0 Å². The van der Waals surface area contributed by atoms with Crippen LogP contribution in [0.5, 0.6) is 11.5 Å². The Balaban J connectivity index is 1.66. The monoisotopic (exact) mass is 384 g/mol. The van der Waals surface area contributed by atoms with Gasteiger partial charge in [-0.15, -0.1) is 11.3 Å². The molecule has 0 unspecified atom stereocenters. The molecule has 0 aliphatic rings. The molecule has 0 fully saturated rings. The molecule has 8 nitrogen and oxygen atoms in total. The number of nitrogens with one attached hydrogen (secondary N) is 2. The number of ether oxygens (including phenoxy) is 2. The Morgan fingerprint density at radius 2 is 2.11 bits per heavy atom. The Morgan fingerprint density at radius 3 is 2.78 bits per heavy atom. The first-order valence-corrected chi connectivity index (χ1v) is 8.74. The van der Waals surface area contributed by atoms with Crippen molar-refractivity contribution in [2.75, 3.05) is 7.11 Å². The molecule has 138 valence electrons. The van der Waals surface area contributed by atoms with E-state index < -0.39 is 11.9 Å². The van der Waals surface area contributed by atoms with Gasteiger partial charge in [0.05, 0.1) is 13.3 Å². The molecule has 9 heteroatoms. The highest BCUT2D eigenvalue weighted by molar-refractivity contribution is 7.12. The number of hydrogen-bond donors (Lipinski definition) is 2. The second-order valence-electron chi connectivity index (χ2n) is 5.41. The van der Waals surface area contributed by atoms with Crippen LogP contribution in [0.15, 0.2) is 46.9 Å². The molecule has 3 aromatic rings. The predicted molar refractivity (Wildman–Crippen MR) is 101 cm³/mol. The highest BCUT2D eigenvalue weighted by atomic mass is 32.1. The summed E-state index contributed by atoms with van der Waals surface area (Å²) in [6.45, 7) is 1.80. The number of aromatic amines is 1. The normalized spacial score (nSPS) is 10.7. The quantitative estimate of drug-likeness (QED) is 0.294. The van der Waals surface area contributed by atoms with E-state index in [1.165, 1.54) is 24.7 Å². The molecule has 1 aromatic carbocycles. The number of hydrogen-bond acceptors (Lipinski definition) is 7. The summed E-state index contributed by atoms with van der Waals surface area (Å²) in [5, 5.41) is 12.2. The highest BCUT2D eigenvalue weighted by Gasteiger charge is 2.13. The maximum absolute atomic E-state index is 12.1. The average molecular weight is 384 g/mol.